The van der Waals surface area contributed by atoms with Gasteiger partial charge in [-0.2, -0.15) is 5.26 Å². The van der Waals surface area contributed by atoms with Crippen molar-refractivity contribution in [3.05, 3.63) is 79.2 Å². The van der Waals surface area contributed by atoms with Gasteiger partial charge in [0.15, 0.2) is 11.6 Å². The van der Waals surface area contributed by atoms with E-state index in [1.807, 2.05) is 32.6 Å². The molecule has 46 heavy (non-hydrogen) atoms. The van der Waals surface area contributed by atoms with Gasteiger partial charge in [-0.1, -0.05) is 55.2 Å². The zero-order valence-corrected chi connectivity index (χ0v) is 27.7. The minimum atomic E-state index is -1.43. The van der Waals surface area contributed by atoms with E-state index < -0.39 is 32.9 Å². The van der Waals surface area contributed by atoms with Crippen LogP contribution in [-0.2, 0) is 4.79 Å². The van der Waals surface area contributed by atoms with Crippen LogP contribution >= 0.6 is 34.8 Å². The number of carbonyl (C=O) groups excluding carboxylic acids is 1. The number of hydrogen-bond donors (Lipinski definition) is 2. The van der Waals surface area contributed by atoms with Gasteiger partial charge in [-0.3, -0.25) is 14.2 Å². The first-order valence-corrected chi connectivity index (χ1v) is 15.5. The number of nitrogens with zero attached hydrogens (tertiary/aromatic N) is 5. The quantitative estimate of drug-likeness (QED) is 0.139. The van der Waals surface area contributed by atoms with E-state index in [0.29, 0.717) is 17.6 Å². The normalized spacial score (nSPS) is 18.3. The first-order valence-electron chi connectivity index (χ1n) is 14.4. The van der Waals surface area contributed by atoms with Gasteiger partial charge in [0.25, 0.3) is 5.56 Å². The molecule has 4 heterocycles. The molecule has 3 N–H and O–H groups in total. The van der Waals surface area contributed by atoms with E-state index in [9.17, 15) is 23.6 Å². The average Bonchev–Trinajstić information content (AvgIpc) is 3.02. The largest absolute Gasteiger partial charge is 0.395 e. The van der Waals surface area contributed by atoms with Crippen LogP contribution in [0.5, 0.6) is 0 Å². The number of allylic oxidation sites excluding steroid dienone is 2. The summed E-state index contributed by atoms with van der Waals surface area (Å²) in [5.74, 6) is -3.10. The topological polar surface area (TPSA) is 120 Å². The number of piperazine rings is 1. The van der Waals surface area contributed by atoms with E-state index in [1.54, 1.807) is 17.2 Å². The zero-order valence-electron chi connectivity index (χ0n) is 25.4. The molecule has 0 radical (unpaired) electrons. The Morgan fingerprint density at radius 3 is 2.54 bits per heavy atom. The van der Waals surface area contributed by atoms with Crippen LogP contribution in [0.1, 0.15) is 33.3 Å². The number of rotatable bonds is 5. The number of anilines is 2. The highest BCUT2D eigenvalue weighted by molar-refractivity contribution is 6.42. The standard InChI is InChI=1S/C32H30Cl3F2N7O2/c1-6-20(45)43-10-9-42(13-16(43)5)30-17-11-19(33)28(21-22(34)24(36)25(37)26(39)23(21)35)41-31(17)44(32(46)18(30)12-38)29-15(4)7-8-40-27(29)14(2)3/h6-8,11,14,16,27,40H,1,9-10,13,39H2,2-5H3/t16-,27?/m1/s1. The van der Waals surface area contributed by atoms with Crippen LogP contribution in [0.2, 0.25) is 15.1 Å². The molecule has 0 bridgehead atoms. The maximum absolute atomic E-state index is 14.9. The third kappa shape index (κ3) is 5.28. The van der Waals surface area contributed by atoms with Crippen LogP contribution in [0.3, 0.4) is 0 Å². The van der Waals surface area contributed by atoms with E-state index in [0.717, 1.165) is 5.57 Å². The number of aromatic nitrogens is 2. The van der Waals surface area contributed by atoms with Crippen LogP contribution in [0.4, 0.5) is 20.2 Å². The van der Waals surface area contributed by atoms with Gasteiger partial charge in [0.2, 0.25) is 5.91 Å². The number of dihydropyridines is 1. The fourth-order valence-electron chi connectivity index (χ4n) is 6.07. The molecule has 14 heteroatoms. The van der Waals surface area contributed by atoms with Crippen molar-refractivity contribution in [3.63, 3.8) is 0 Å². The number of pyridine rings is 2. The number of nitrogens with two attached hydrogens (primary N) is 1. The Morgan fingerprint density at radius 2 is 1.93 bits per heavy atom. The fraction of sp³-hybridized carbons (Fsp3) is 0.312. The summed E-state index contributed by atoms with van der Waals surface area (Å²) in [6, 6.07) is 2.93. The van der Waals surface area contributed by atoms with Gasteiger partial charge in [-0.05, 0) is 49.8 Å². The third-order valence-corrected chi connectivity index (χ3v) is 9.37. The van der Waals surface area contributed by atoms with Crippen LogP contribution in [-0.4, -0.2) is 52.1 Å². The molecule has 2 aliphatic heterocycles. The molecule has 1 fully saturated rings. The lowest BCUT2D eigenvalue weighted by Gasteiger charge is -2.41. The van der Waals surface area contributed by atoms with Gasteiger partial charge in [0.1, 0.15) is 17.3 Å². The number of nitrogen functional groups attached to an aromatic ring is 1. The Kier molecular flexibility index (Phi) is 9.10. The molecule has 2 aliphatic rings. The van der Waals surface area contributed by atoms with Gasteiger partial charge in [0.05, 0.1) is 43.9 Å². The first-order chi connectivity index (χ1) is 21.7. The van der Waals surface area contributed by atoms with E-state index in [1.165, 1.54) is 16.7 Å². The fourth-order valence-corrected chi connectivity index (χ4v) is 6.90. The molecular formula is C32H30Cl3F2N7O2. The maximum Gasteiger partial charge on any atom is 0.276 e. The molecule has 1 unspecified atom stereocenters. The highest BCUT2D eigenvalue weighted by Gasteiger charge is 2.34. The smallest absolute Gasteiger partial charge is 0.276 e. The third-order valence-electron chi connectivity index (χ3n) is 8.34. The molecular weight excluding hydrogens is 659 g/mol. The highest BCUT2D eigenvalue weighted by Crippen LogP contribution is 2.45. The lowest BCUT2D eigenvalue weighted by atomic mass is 9.94. The molecule has 1 saturated heterocycles. The van der Waals surface area contributed by atoms with Gasteiger partial charge < -0.3 is 20.9 Å². The predicted molar refractivity (Wildman–Crippen MR) is 179 cm³/mol. The molecule has 240 valence electrons. The Morgan fingerprint density at radius 1 is 1.24 bits per heavy atom. The van der Waals surface area contributed by atoms with Gasteiger partial charge in [0, 0.05) is 36.6 Å². The molecule has 9 nitrogen and oxygen atoms in total. The summed E-state index contributed by atoms with van der Waals surface area (Å²) in [6.45, 7) is 12.1. The number of amides is 1. The minimum Gasteiger partial charge on any atom is -0.395 e. The zero-order chi connectivity index (χ0) is 33.8. The summed E-state index contributed by atoms with van der Waals surface area (Å²) in [6.07, 6.45) is 4.81. The summed E-state index contributed by atoms with van der Waals surface area (Å²) in [4.78, 5) is 35.2. The molecule has 1 aromatic carbocycles. The van der Waals surface area contributed by atoms with Crippen LogP contribution < -0.4 is 21.5 Å². The Hall–Kier alpha value is -4.11. The van der Waals surface area contributed by atoms with E-state index in [2.05, 4.69) is 18.0 Å². The van der Waals surface area contributed by atoms with Crippen LogP contribution in [0.25, 0.3) is 28.0 Å². The molecule has 0 saturated carbocycles. The number of benzene rings is 1. The average molecular weight is 689 g/mol. The number of nitriles is 1. The van der Waals surface area contributed by atoms with E-state index in [-0.39, 0.29) is 70.2 Å². The van der Waals surface area contributed by atoms with Crippen molar-refractivity contribution in [1.29, 1.82) is 5.26 Å². The van der Waals surface area contributed by atoms with Crippen molar-refractivity contribution in [2.24, 2.45) is 5.92 Å². The predicted octanol–water partition coefficient (Wildman–Crippen LogP) is 6.35. The number of hydrogen-bond acceptors (Lipinski definition) is 7. The number of carbonyl (C=O) groups is 1. The van der Waals surface area contributed by atoms with E-state index >= 15 is 0 Å². The van der Waals surface area contributed by atoms with E-state index in [4.69, 9.17) is 45.5 Å². The Balaban J connectivity index is 1.91. The van der Waals surface area contributed by atoms with Gasteiger partial charge in [-0.25, -0.2) is 13.8 Å². The van der Waals surface area contributed by atoms with Crippen LogP contribution in [0, 0.1) is 28.9 Å². The lowest BCUT2D eigenvalue weighted by Crippen LogP contribution is -2.54. The van der Waals surface area contributed by atoms with Gasteiger partial charge in [-0.15, -0.1) is 0 Å². The Labute approximate surface area is 279 Å². The number of nitrogens with one attached hydrogen (secondary N) is 1. The summed E-state index contributed by atoms with van der Waals surface area (Å²) in [7, 11) is 0. The maximum atomic E-state index is 14.9. The summed E-state index contributed by atoms with van der Waals surface area (Å²) in [5, 5.41) is 12.9. The molecule has 0 spiro atoms. The Bertz CT molecular complexity index is 1950. The second-order valence-electron chi connectivity index (χ2n) is 11.5. The summed E-state index contributed by atoms with van der Waals surface area (Å²) < 4.78 is 30.7. The van der Waals surface area contributed by atoms with Crippen molar-refractivity contribution in [1.82, 2.24) is 19.8 Å². The monoisotopic (exact) mass is 687 g/mol. The molecule has 3 aromatic rings. The molecule has 2 aromatic heterocycles. The van der Waals surface area contributed by atoms with Crippen molar-refractivity contribution in [2.75, 3.05) is 30.3 Å². The van der Waals surface area contributed by atoms with Crippen molar-refractivity contribution in [3.8, 4) is 17.3 Å². The molecule has 5 rings (SSSR count). The molecule has 0 aliphatic carbocycles. The highest BCUT2D eigenvalue weighted by atomic mass is 35.5. The first kappa shape index (κ1) is 33.3. The molecule has 1 amide bonds. The second-order valence-corrected chi connectivity index (χ2v) is 12.7. The summed E-state index contributed by atoms with van der Waals surface area (Å²) in [5.41, 5.74) is 5.50. The summed E-state index contributed by atoms with van der Waals surface area (Å²) >= 11 is 19.5. The molecule has 2 atom stereocenters. The van der Waals surface area contributed by atoms with Crippen molar-refractivity contribution < 1.29 is 13.6 Å². The number of fused-ring (bicyclic) bond motifs is 1. The lowest BCUT2D eigenvalue weighted by molar-refractivity contribution is -0.128. The minimum absolute atomic E-state index is 0.0139. The second kappa shape index (κ2) is 12.6. The van der Waals surface area contributed by atoms with Crippen LogP contribution in [0.15, 0.2) is 41.4 Å². The van der Waals surface area contributed by atoms with Crippen molar-refractivity contribution >= 4 is 68.8 Å². The SMILES string of the molecule is C=CC(=O)N1CCN(c2c(C#N)c(=O)n(C3=C(C)C=CNC3C(C)C)c3nc(-c4c(Cl)c(N)c(F)c(F)c4Cl)c(Cl)cc23)C[C@H]1C. The van der Waals surface area contributed by atoms with Gasteiger partial charge >= 0.3 is 0 Å². The number of halogens is 5. The van der Waals surface area contributed by atoms with Crippen molar-refractivity contribution in [2.45, 2.75) is 39.8 Å².